The fraction of sp³-hybridized carbons (Fsp3) is 0.750. The molecule has 0 heterocycles. The molecule has 0 unspecified atom stereocenters. The molecule has 6 heteroatoms. The minimum absolute atomic E-state index is 0.0365. The molecule has 0 saturated heterocycles. The van der Waals surface area contributed by atoms with Gasteiger partial charge in [-0.05, 0) is 25.7 Å². The molecule has 2 aliphatic carbocycles. The molecule has 0 radical (unpaired) electrons. The summed E-state index contributed by atoms with van der Waals surface area (Å²) in [6.07, 6.45) is 6.83. The van der Waals surface area contributed by atoms with Gasteiger partial charge in [-0.25, -0.2) is 0 Å². The second-order valence-corrected chi connectivity index (χ2v) is 5.03. The van der Waals surface area contributed by atoms with Crippen molar-refractivity contribution in [2.75, 3.05) is 0 Å². The molecule has 2 rings (SSSR count). The highest BCUT2D eigenvalue weighted by Gasteiger charge is 2.27. The largest absolute Gasteiger partial charge is 0.345 e. The number of nitrogens with one attached hydrogen (secondary N) is 3. The standard InChI is InChI=1S/C12H19N3O3/c16-10(8-4-2-1-3-5-8)14-15-12(18)11(17)13-9-6-7-9/h8-9H,1-7H2,(H,13,17)(H,14,16)(H,15,18). The number of carbonyl (C=O) groups excluding carboxylic acids is 3. The topological polar surface area (TPSA) is 87.3 Å². The van der Waals surface area contributed by atoms with Crippen molar-refractivity contribution in [2.24, 2.45) is 5.92 Å². The molecule has 0 bridgehead atoms. The van der Waals surface area contributed by atoms with Gasteiger partial charge in [0.05, 0.1) is 0 Å². The Balaban J connectivity index is 1.67. The normalized spacial score (nSPS) is 20.0. The van der Waals surface area contributed by atoms with Crippen molar-refractivity contribution in [3.05, 3.63) is 0 Å². The summed E-state index contributed by atoms with van der Waals surface area (Å²) in [5.41, 5.74) is 4.49. The number of hydrazine groups is 1. The van der Waals surface area contributed by atoms with Crippen LogP contribution in [0.1, 0.15) is 44.9 Å². The van der Waals surface area contributed by atoms with Crippen molar-refractivity contribution in [3.63, 3.8) is 0 Å². The molecule has 0 aromatic carbocycles. The Morgan fingerprint density at radius 1 is 0.778 bits per heavy atom. The Morgan fingerprint density at radius 3 is 2.06 bits per heavy atom. The van der Waals surface area contributed by atoms with Crippen molar-refractivity contribution in [1.82, 2.24) is 16.2 Å². The van der Waals surface area contributed by atoms with Crippen molar-refractivity contribution in [3.8, 4) is 0 Å². The SMILES string of the molecule is O=C(NNC(=O)C1CCCCC1)C(=O)NC1CC1. The fourth-order valence-electron chi connectivity index (χ4n) is 2.12. The van der Waals surface area contributed by atoms with E-state index in [-0.39, 0.29) is 17.9 Å². The highest BCUT2D eigenvalue weighted by Crippen LogP contribution is 2.23. The molecule has 0 aromatic heterocycles. The highest BCUT2D eigenvalue weighted by molar-refractivity contribution is 6.35. The van der Waals surface area contributed by atoms with Gasteiger partial charge in [0.2, 0.25) is 5.91 Å². The smallest absolute Gasteiger partial charge is 0.327 e. The monoisotopic (exact) mass is 253 g/mol. The molecule has 2 fully saturated rings. The van der Waals surface area contributed by atoms with Crippen LogP contribution in [0.4, 0.5) is 0 Å². The number of hydrogen-bond acceptors (Lipinski definition) is 3. The average Bonchev–Trinajstić information content (AvgIpc) is 3.20. The van der Waals surface area contributed by atoms with Gasteiger partial charge in [-0.2, -0.15) is 0 Å². The molecule has 0 spiro atoms. The first kappa shape index (κ1) is 12.9. The first-order valence-corrected chi connectivity index (χ1v) is 6.57. The Bertz CT molecular complexity index is 346. The molecule has 18 heavy (non-hydrogen) atoms. The fourth-order valence-corrected chi connectivity index (χ4v) is 2.12. The summed E-state index contributed by atoms with van der Waals surface area (Å²) in [6.45, 7) is 0. The maximum absolute atomic E-state index is 11.7. The third kappa shape index (κ3) is 3.72. The van der Waals surface area contributed by atoms with Crippen molar-refractivity contribution in [2.45, 2.75) is 51.0 Å². The van der Waals surface area contributed by atoms with E-state index in [1.54, 1.807) is 0 Å². The van der Waals surface area contributed by atoms with Gasteiger partial charge >= 0.3 is 11.8 Å². The number of rotatable bonds is 2. The summed E-state index contributed by atoms with van der Waals surface area (Å²) >= 11 is 0. The summed E-state index contributed by atoms with van der Waals surface area (Å²) in [6, 6.07) is 0.136. The van der Waals surface area contributed by atoms with Crippen LogP contribution in [0.3, 0.4) is 0 Å². The summed E-state index contributed by atoms with van der Waals surface area (Å²) in [5.74, 6) is -1.71. The molecule has 100 valence electrons. The average molecular weight is 253 g/mol. The summed E-state index contributed by atoms with van der Waals surface area (Å²) in [7, 11) is 0. The summed E-state index contributed by atoms with van der Waals surface area (Å²) in [5, 5.41) is 2.55. The molecule has 0 aromatic rings. The van der Waals surface area contributed by atoms with Crippen LogP contribution in [-0.4, -0.2) is 23.8 Å². The lowest BCUT2D eigenvalue weighted by atomic mass is 9.89. The van der Waals surface area contributed by atoms with Crippen molar-refractivity contribution in [1.29, 1.82) is 0 Å². The summed E-state index contributed by atoms with van der Waals surface area (Å²) in [4.78, 5) is 34.4. The lowest BCUT2D eigenvalue weighted by molar-refractivity contribution is -0.141. The van der Waals surface area contributed by atoms with Crippen LogP contribution >= 0.6 is 0 Å². The molecular formula is C12H19N3O3. The lowest BCUT2D eigenvalue weighted by Gasteiger charge is -2.20. The van der Waals surface area contributed by atoms with E-state index in [1.807, 2.05) is 0 Å². The van der Waals surface area contributed by atoms with Gasteiger partial charge in [0.1, 0.15) is 0 Å². The zero-order valence-electron chi connectivity index (χ0n) is 10.3. The van der Waals surface area contributed by atoms with E-state index < -0.39 is 11.8 Å². The van der Waals surface area contributed by atoms with E-state index in [0.717, 1.165) is 38.5 Å². The van der Waals surface area contributed by atoms with Crippen LogP contribution in [-0.2, 0) is 14.4 Å². The van der Waals surface area contributed by atoms with Crippen LogP contribution < -0.4 is 16.2 Å². The van der Waals surface area contributed by atoms with E-state index >= 15 is 0 Å². The first-order chi connectivity index (χ1) is 8.66. The highest BCUT2D eigenvalue weighted by atomic mass is 16.2. The van der Waals surface area contributed by atoms with E-state index in [0.29, 0.717) is 0 Å². The zero-order chi connectivity index (χ0) is 13.0. The predicted molar refractivity (Wildman–Crippen MR) is 64.0 cm³/mol. The number of amides is 3. The van der Waals surface area contributed by atoms with Crippen LogP contribution in [0.25, 0.3) is 0 Å². The second-order valence-electron chi connectivity index (χ2n) is 5.03. The van der Waals surface area contributed by atoms with Gasteiger partial charge in [-0.3, -0.25) is 25.2 Å². The maximum atomic E-state index is 11.7. The Hall–Kier alpha value is -1.59. The molecule has 2 saturated carbocycles. The van der Waals surface area contributed by atoms with Crippen LogP contribution in [0.5, 0.6) is 0 Å². The maximum Gasteiger partial charge on any atom is 0.327 e. The van der Waals surface area contributed by atoms with Crippen LogP contribution in [0.15, 0.2) is 0 Å². The lowest BCUT2D eigenvalue weighted by Crippen LogP contribution is -2.50. The quantitative estimate of drug-likeness (QED) is 0.478. The van der Waals surface area contributed by atoms with Crippen LogP contribution in [0.2, 0.25) is 0 Å². The van der Waals surface area contributed by atoms with Gasteiger partial charge in [-0.1, -0.05) is 19.3 Å². The summed E-state index contributed by atoms with van der Waals surface area (Å²) < 4.78 is 0. The Kier molecular flexibility index (Phi) is 4.17. The minimum Gasteiger partial charge on any atom is -0.345 e. The molecule has 3 amide bonds. The van der Waals surface area contributed by atoms with Crippen molar-refractivity contribution >= 4 is 17.7 Å². The van der Waals surface area contributed by atoms with E-state index in [2.05, 4.69) is 16.2 Å². The second kappa shape index (κ2) is 5.84. The van der Waals surface area contributed by atoms with Crippen molar-refractivity contribution < 1.29 is 14.4 Å². The van der Waals surface area contributed by atoms with Gasteiger partial charge in [-0.15, -0.1) is 0 Å². The molecular weight excluding hydrogens is 234 g/mol. The van der Waals surface area contributed by atoms with E-state index in [4.69, 9.17) is 0 Å². The van der Waals surface area contributed by atoms with E-state index in [1.165, 1.54) is 6.42 Å². The molecule has 0 atom stereocenters. The Morgan fingerprint density at radius 2 is 1.44 bits per heavy atom. The first-order valence-electron chi connectivity index (χ1n) is 6.57. The number of hydrogen-bond donors (Lipinski definition) is 3. The predicted octanol–water partition coefficient (Wildman–Crippen LogP) is -0.00730. The zero-order valence-corrected chi connectivity index (χ0v) is 10.3. The van der Waals surface area contributed by atoms with E-state index in [9.17, 15) is 14.4 Å². The third-order valence-electron chi connectivity index (χ3n) is 3.39. The van der Waals surface area contributed by atoms with Gasteiger partial charge in [0.15, 0.2) is 0 Å². The van der Waals surface area contributed by atoms with Gasteiger partial charge in [0.25, 0.3) is 0 Å². The number of carbonyl (C=O) groups is 3. The van der Waals surface area contributed by atoms with Gasteiger partial charge < -0.3 is 5.32 Å². The Labute approximate surface area is 106 Å². The van der Waals surface area contributed by atoms with Gasteiger partial charge in [0, 0.05) is 12.0 Å². The molecule has 0 aliphatic heterocycles. The molecule has 2 aliphatic rings. The molecule has 3 N–H and O–H groups in total. The minimum atomic E-state index is -0.800. The molecule has 6 nitrogen and oxygen atoms in total. The van der Waals surface area contributed by atoms with Crippen LogP contribution in [0, 0.1) is 5.92 Å². The third-order valence-corrected chi connectivity index (χ3v) is 3.39.